The van der Waals surface area contributed by atoms with Gasteiger partial charge in [0.15, 0.2) is 12.3 Å². The molecule has 1 aliphatic heterocycles. The van der Waals surface area contributed by atoms with Gasteiger partial charge in [0.2, 0.25) is 5.91 Å². The molecule has 0 radical (unpaired) electrons. The van der Waals surface area contributed by atoms with Gasteiger partial charge in [-0.2, -0.15) is 4.98 Å². The molecule has 0 spiro atoms. The number of anilines is 1. The molecule has 2 heterocycles. The average molecular weight is 473 g/mol. The normalized spacial score (nSPS) is 24.0. The molecule has 1 saturated heterocycles. The van der Waals surface area contributed by atoms with E-state index in [1.165, 1.54) is 0 Å². The minimum absolute atomic E-state index is 0.251. The van der Waals surface area contributed by atoms with Crippen LogP contribution in [0.1, 0.15) is 19.1 Å². The number of aliphatic hydroxyl groups is 2. The maximum atomic E-state index is 12.4. The van der Waals surface area contributed by atoms with Gasteiger partial charge in [-0.25, -0.2) is 4.79 Å². The van der Waals surface area contributed by atoms with E-state index in [-0.39, 0.29) is 5.82 Å². The van der Waals surface area contributed by atoms with E-state index in [4.69, 9.17) is 31.2 Å². The van der Waals surface area contributed by atoms with Crippen LogP contribution in [0.15, 0.2) is 17.1 Å². The topological polar surface area (TPSA) is 267 Å². The Labute approximate surface area is 184 Å². The van der Waals surface area contributed by atoms with Gasteiger partial charge >= 0.3 is 23.6 Å². The molecule has 0 aromatic carbocycles. The number of nitrogens with two attached hydrogens (primary N) is 2. The molecule has 9 N–H and O–H groups in total. The molecule has 1 fully saturated rings. The summed E-state index contributed by atoms with van der Waals surface area (Å²) in [5.74, 6) is -4.96. The SMILES string of the molecule is N[C@@H](CC(=O)OC1C(O)[C@H](n2ccc(NC(=O)[C@@H](N)CC(=O)O)nc2=O)O[C@@H]1CO)C(=O)O. The summed E-state index contributed by atoms with van der Waals surface area (Å²) in [7, 11) is 0. The Hall–Kier alpha value is -3.44. The number of aliphatic carboxylic acids is 2. The van der Waals surface area contributed by atoms with Crippen LogP contribution in [0, 0.1) is 0 Å². The predicted molar refractivity (Wildman–Crippen MR) is 104 cm³/mol. The van der Waals surface area contributed by atoms with Gasteiger partial charge in [0.05, 0.1) is 25.5 Å². The van der Waals surface area contributed by atoms with Crippen molar-refractivity contribution in [3.05, 3.63) is 22.7 Å². The largest absolute Gasteiger partial charge is 0.481 e. The molecule has 1 aromatic heterocycles. The van der Waals surface area contributed by atoms with Gasteiger partial charge in [-0.1, -0.05) is 0 Å². The van der Waals surface area contributed by atoms with Crippen molar-refractivity contribution in [2.24, 2.45) is 11.5 Å². The lowest BCUT2D eigenvalue weighted by atomic mass is 10.1. The highest BCUT2D eigenvalue weighted by Gasteiger charge is 2.47. The van der Waals surface area contributed by atoms with Crippen molar-refractivity contribution in [2.45, 2.75) is 49.5 Å². The van der Waals surface area contributed by atoms with E-state index in [9.17, 15) is 34.2 Å². The van der Waals surface area contributed by atoms with E-state index in [2.05, 4.69) is 10.3 Å². The number of carboxylic acids is 2. The molecule has 182 valence electrons. The molecule has 0 aliphatic carbocycles. The Bertz CT molecular complexity index is 967. The second-order valence-electron chi connectivity index (χ2n) is 7.04. The van der Waals surface area contributed by atoms with Crippen LogP contribution in [-0.2, 0) is 28.7 Å². The summed E-state index contributed by atoms with van der Waals surface area (Å²) in [5.41, 5.74) is 9.67. The number of esters is 1. The maximum Gasteiger partial charge on any atom is 0.351 e. The van der Waals surface area contributed by atoms with Gasteiger partial charge in [-0.15, -0.1) is 0 Å². The van der Waals surface area contributed by atoms with Gasteiger partial charge in [0, 0.05) is 6.20 Å². The summed E-state index contributed by atoms with van der Waals surface area (Å²) in [6.45, 7) is -0.714. The summed E-state index contributed by atoms with van der Waals surface area (Å²) in [5, 5.41) is 39.6. The molecule has 1 amide bonds. The lowest BCUT2D eigenvalue weighted by Crippen LogP contribution is -2.41. The zero-order chi connectivity index (χ0) is 24.9. The average Bonchev–Trinajstić information content (AvgIpc) is 3.02. The van der Waals surface area contributed by atoms with Crippen LogP contribution in [0.4, 0.5) is 5.82 Å². The Morgan fingerprint density at radius 2 is 1.88 bits per heavy atom. The highest BCUT2D eigenvalue weighted by Crippen LogP contribution is 2.30. The third-order valence-corrected chi connectivity index (χ3v) is 4.55. The predicted octanol–water partition coefficient (Wildman–Crippen LogP) is -4.05. The maximum absolute atomic E-state index is 12.4. The number of aromatic nitrogens is 2. The van der Waals surface area contributed by atoms with Crippen LogP contribution in [0.3, 0.4) is 0 Å². The van der Waals surface area contributed by atoms with Crippen molar-refractivity contribution < 1.29 is 49.1 Å². The smallest absolute Gasteiger partial charge is 0.351 e. The summed E-state index contributed by atoms with van der Waals surface area (Å²) in [6, 6.07) is -1.79. The monoisotopic (exact) mass is 473 g/mol. The molecular weight excluding hydrogens is 450 g/mol. The van der Waals surface area contributed by atoms with Gasteiger partial charge in [0.1, 0.15) is 24.1 Å². The van der Waals surface area contributed by atoms with Crippen LogP contribution in [-0.4, -0.2) is 90.8 Å². The van der Waals surface area contributed by atoms with Gasteiger partial charge in [-0.05, 0) is 6.07 Å². The van der Waals surface area contributed by atoms with E-state index < -0.39 is 85.6 Å². The lowest BCUT2D eigenvalue weighted by molar-refractivity contribution is -0.159. The first-order valence-electron chi connectivity index (χ1n) is 9.44. The Morgan fingerprint density at radius 3 is 2.42 bits per heavy atom. The molecule has 33 heavy (non-hydrogen) atoms. The van der Waals surface area contributed by atoms with Crippen LogP contribution in [0.2, 0.25) is 0 Å². The summed E-state index contributed by atoms with van der Waals surface area (Å²) < 4.78 is 11.2. The third-order valence-electron chi connectivity index (χ3n) is 4.55. The first kappa shape index (κ1) is 25.8. The number of hydrogen-bond donors (Lipinski definition) is 7. The van der Waals surface area contributed by atoms with Crippen molar-refractivity contribution in [3.8, 4) is 0 Å². The van der Waals surface area contributed by atoms with Crippen molar-refractivity contribution >= 4 is 29.6 Å². The highest BCUT2D eigenvalue weighted by molar-refractivity contribution is 5.95. The first-order valence-corrected chi connectivity index (χ1v) is 9.44. The Morgan fingerprint density at radius 1 is 1.21 bits per heavy atom. The van der Waals surface area contributed by atoms with Crippen LogP contribution >= 0.6 is 0 Å². The highest BCUT2D eigenvalue weighted by atomic mass is 16.6. The van der Waals surface area contributed by atoms with Crippen LogP contribution in [0.5, 0.6) is 0 Å². The van der Waals surface area contributed by atoms with Crippen molar-refractivity contribution in [2.75, 3.05) is 11.9 Å². The second-order valence-corrected chi connectivity index (χ2v) is 7.04. The molecule has 0 bridgehead atoms. The third kappa shape index (κ3) is 6.53. The summed E-state index contributed by atoms with van der Waals surface area (Å²) in [4.78, 5) is 61.1. The number of carbonyl (C=O) groups is 4. The van der Waals surface area contributed by atoms with E-state index >= 15 is 0 Å². The number of nitrogens with one attached hydrogen (secondary N) is 1. The van der Waals surface area contributed by atoms with Crippen molar-refractivity contribution in [1.29, 1.82) is 0 Å². The fraction of sp³-hybridized carbons (Fsp3) is 0.529. The minimum Gasteiger partial charge on any atom is -0.481 e. The quantitative estimate of drug-likeness (QED) is 0.159. The molecule has 16 nitrogen and oxygen atoms in total. The van der Waals surface area contributed by atoms with E-state index in [1.54, 1.807) is 0 Å². The number of carbonyl (C=O) groups excluding carboxylic acids is 2. The van der Waals surface area contributed by atoms with Gasteiger partial charge < -0.3 is 46.7 Å². The molecule has 16 heteroatoms. The summed E-state index contributed by atoms with van der Waals surface area (Å²) in [6.07, 6.45) is -6.08. The van der Waals surface area contributed by atoms with Crippen LogP contribution in [0.25, 0.3) is 0 Å². The number of hydrogen-bond acceptors (Lipinski definition) is 12. The summed E-state index contributed by atoms with van der Waals surface area (Å²) >= 11 is 0. The number of nitrogens with zero attached hydrogens (tertiary/aromatic N) is 2. The van der Waals surface area contributed by atoms with Crippen molar-refractivity contribution in [3.63, 3.8) is 0 Å². The molecule has 6 atom stereocenters. The number of carboxylic acid groups (broad SMARTS) is 2. The van der Waals surface area contributed by atoms with Gasteiger partial charge in [0.25, 0.3) is 0 Å². The Balaban J connectivity index is 2.12. The zero-order valence-electron chi connectivity index (χ0n) is 16.9. The van der Waals surface area contributed by atoms with E-state index in [1.807, 2.05) is 0 Å². The minimum atomic E-state index is -1.66. The lowest BCUT2D eigenvalue weighted by Gasteiger charge is -2.20. The number of aliphatic hydroxyl groups excluding tert-OH is 2. The fourth-order valence-electron chi connectivity index (χ4n) is 2.88. The molecule has 1 aromatic rings. The number of rotatable bonds is 10. The standard InChI is InChI=1S/C17H23N5O11/c18-6(3-10(24)25)14(28)20-9-1-2-22(17(31)21-9)15-12(27)13(8(5-23)32-15)33-11(26)4-7(19)16(29)30/h1-2,6-8,12-13,15,23,27H,3-5,18-19H2,(H,24,25)(H,29,30)(H,20,21,28,31)/t6-,7-,8+,12?,13?,15+/m0/s1. The van der Waals surface area contributed by atoms with E-state index in [0.717, 1.165) is 16.8 Å². The van der Waals surface area contributed by atoms with E-state index in [0.29, 0.717) is 0 Å². The number of amides is 1. The zero-order valence-corrected chi connectivity index (χ0v) is 16.9. The molecule has 0 saturated carbocycles. The fourth-order valence-corrected chi connectivity index (χ4v) is 2.88. The Kier molecular flexibility index (Phi) is 8.55. The first-order chi connectivity index (χ1) is 15.4. The molecule has 2 unspecified atom stereocenters. The van der Waals surface area contributed by atoms with Crippen LogP contribution < -0.4 is 22.5 Å². The second kappa shape index (κ2) is 10.9. The number of ether oxygens (including phenoxy) is 2. The molecule has 1 aliphatic rings. The van der Waals surface area contributed by atoms with Gasteiger partial charge in [-0.3, -0.25) is 23.7 Å². The molecule has 2 rings (SSSR count). The van der Waals surface area contributed by atoms with Crippen molar-refractivity contribution in [1.82, 2.24) is 9.55 Å². The molecular formula is C17H23N5O11.